The molecule has 0 fully saturated rings. The first-order chi connectivity index (χ1) is 7.88. The molecule has 0 aromatic rings. The number of carbonyl (C=O) groups excluding carboxylic acids is 2. The number of amides is 3. The molecule has 0 radical (unpaired) electrons. The van der Waals surface area contributed by atoms with Crippen molar-refractivity contribution in [3.05, 3.63) is 0 Å². The second kappa shape index (κ2) is 8.19. The van der Waals surface area contributed by atoms with Gasteiger partial charge in [-0.05, 0) is 27.2 Å². The lowest BCUT2D eigenvalue weighted by Crippen LogP contribution is -2.45. The topological polar surface area (TPSA) is 101 Å². The lowest BCUT2D eigenvalue weighted by atomic mass is 10.3. The lowest BCUT2D eigenvalue weighted by Gasteiger charge is -2.12. The summed E-state index contributed by atoms with van der Waals surface area (Å²) in [6, 6.07) is -0.605. The average Bonchev–Trinajstić information content (AvgIpc) is 2.24. The molecule has 0 aliphatic carbocycles. The maximum Gasteiger partial charge on any atom is 0.321 e. The van der Waals surface area contributed by atoms with Crippen molar-refractivity contribution in [2.24, 2.45) is 5.73 Å². The fourth-order valence-electron chi connectivity index (χ4n) is 1.02. The predicted molar refractivity (Wildman–Crippen MR) is 68.0 cm³/mol. The van der Waals surface area contributed by atoms with Gasteiger partial charge in [-0.25, -0.2) is 4.79 Å². The molecule has 4 N–H and O–H groups in total. The summed E-state index contributed by atoms with van der Waals surface area (Å²) in [5.41, 5.74) is 5.54. The molecule has 6 nitrogen and oxygen atoms in total. The van der Waals surface area contributed by atoms with Gasteiger partial charge in [0.25, 0.3) is 0 Å². The van der Waals surface area contributed by atoms with Gasteiger partial charge in [-0.15, -0.1) is 0 Å². The zero-order valence-corrected chi connectivity index (χ0v) is 11.3. The normalized spacial score (nSPS) is 15.8. The van der Waals surface area contributed by atoms with Gasteiger partial charge >= 0.3 is 6.03 Å². The summed E-state index contributed by atoms with van der Waals surface area (Å²) in [6.07, 6.45) is 0.589. The van der Waals surface area contributed by atoms with Crippen molar-refractivity contribution in [2.45, 2.75) is 38.5 Å². The van der Waals surface area contributed by atoms with E-state index in [1.165, 1.54) is 6.92 Å². The summed E-state index contributed by atoms with van der Waals surface area (Å²) >= 11 is 0. The first-order valence-corrected chi connectivity index (χ1v) is 6.98. The summed E-state index contributed by atoms with van der Waals surface area (Å²) in [4.78, 5) is 22.6. The Bertz CT molecular complexity index is 295. The Kier molecular flexibility index (Phi) is 7.73. The van der Waals surface area contributed by atoms with Crippen molar-refractivity contribution in [1.82, 2.24) is 10.6 Å². The van der Waals surface area contributed by atoms with Gasteiger partial charge in [0.1, 0.15) is 5.25 Å². The minimum absolute atomic E-state index is 0.0439. The molecule has 0 aliphatic heterocycles. The quantitative estimate of drug-likeness (QED) is 0.612. The highest BCUT2D eigenvalue weighted by atomic mass is 32.2. The highest BCUT2D eigenvalue weighted by molar-refractivity contribution is 7.86. The van der Waals surface area contributed by atoms with Crippen LogP contribution in [0, 0.1) is 0 Å². The third-order valence-corrected chi connectivity index (χ3v) is 3.75. The summed E-state index contributed by atoms with van der Waals surface area (Å²) in [5, 5.41) is 3.85. The second-order valence-electron chi connectivity index (χ2n) is 3.84. The fraction of sp³-hybridized carbons (Fsp3) is 0.800. The number of nitrogens with two attached hydrogens (primary N) is 1. The van der Waals surface area contributed by atoms with Crippen molar-refractivity contribution < 1.29 is 13.8 Å². The number of urea groups is 1. The summed E-state index contributed by atoms with van der Waals surface area (Å²) < 4.78 is 11.7. The number of hydrogen-bond acceptors (Lipinski definition) is 4. The highest BCUT2D eigenvalue weighted by Crippen LogP contribution is 2.00. The first kappa shape index (κ1) is 16.1. The van der Waals surface area contributed by atoms with Gasteiger partial charge in [-0.3, -0.25) is 14.3 Å². The lowest BCUT2D eigenvalue weighted by molar-refractivity contribution is -0.119. The molecule has 0 saturated heterocycles. The van der Waals surface area contributed by atoms with E-state index in [2.05, 4.69) is 10.6 Å². The van der Waals surface area contributed by atoms with E-state index >= 15 is 0 Å². The van der Waals surface area contributed by atoms with Gasteiger partial charge in [0, 0.05) is 29.1 Å². The zero-order chi connectivity index (χ0) is 13.4. The highest BCUT2D eigenvalue weighted by Gasteiger charge is 2.21. The number of nitrogens with one attached hydrogen (secondary N) is 2. The van der Waals surface area contributed by atoms with Gasteiger partial charge in [0.2, 0.25) is 5.91 Å². The van der Waals surface area contributed by atoms with E-state index in [0.717, 1.165) is 0 Å². The van der Waals surface area contributed by atoms with E-state index in [4.69, 9.17) is 5.73 Å². The van der Waals surface area contributed by atoms with Crippen LogP contribution < -0.4 is 16.4 Å². The van der Waals surface area contributed by atoms with Crippen LogP contribution >= 0.6 is 0 Å². The standard InChI is InChI=1S/C10H21N3O3S/c1-4-12-10(15)13-9(14)8(3)17(16)6-5-7(2)11/h7-8H,4-6,11H2,1-3H3,(H2,12,13,14,15). The van der Waals surface area contributed by atoms with Crippen LogP contribution in [0.2, 0.25) is 0 Å². The van der Waals surface area contributed by atoms with Crippen LogP contribution in [0.3, 0.4) is 0 Å². The maximum absolute atomic E-state index is 11.7. The van der Waals surface area contributed by atoms with E-state index in [1.54, 1.807) is 6.92 Å². The third kappa shape index (κ3) is 7.06. The molecule has 7 heteroatoms. The molecule has 0 aliphatic rings. The van der Waals surface area contributed by atoms with Crippen molar-refractivity contribution in [1.29, 1.82) is 0 Å². The number of carbonyl (C=O) groups is 2. The smallest absolute Gasteiger partial charge is 0.321 e. The summed E-state index contributed by atoms with van der Waals surface area (Å²) in [6.45, 7) is 5.53. The van der Waals surface area contributed by atoms with Crippen molar-refractivity contribution in [2.75, 3.05) is 12.3 Å². The van der Waals surface area contributed by atoms with E-state index in [1.807, 2.05) is 6.92 Å². The summed E-state index contributed by atoms with van der Waals surface area (Å²) in [7, 11) is -1.31. The SMILES string of the molecule is CCNC(=O)NC(=O)C(C)S(=O)CCC(C)N. The molecule has 3 atom stereocenters. The molecular formula is C10H21N3O3S. The van der Waals surface area contributed by atoms with Gasteiger partial charge in [-0.1, -0.05) is 0 Å². The largest absolute Gasteiger partial charge is 0.338 e. The Labute approximate surface area is 104 Å². The molecule has 3 amide bonds. The van der Waals surface area contributed by atoms with E-state index in [0.29, 0.717) is 18.7 Å². The molecule has 0 rings (SSSR count). The maximum atomic E-state index is 11.7. The molecule has 17 heavy (non-hydrogen) atoms. The van der Waals surface area contributed by atoms with Gasteiger partial charge in [0.15, 0.2) is 0 Å². The van der Waals surface area contributed by atoms with Crippen molar-refractivity contribution >= 4 is 22.7 Å². The van der Waals surface area contributed by atoms with Gasteiger partial charge in [0.05, 0.1) is 0 Å². The van der Waals surface area contributed by atoms with Crippen LogP contribution in [0.25, 0.3) is 0 Å². The fourth-order valence-corrected chi connectivity index (χ4v) is 2.27. The number of hydrogen-bond donors (Lipinski definition) is 3. The van der Waals surface area contributed by atoms with Crippen LogP contribution in [-0.2, 0) is 15.6 Å². The van der Waals surface area contributed by atoms with Crippen LogP contribution in [-0.4, -0.2) is 39.7 Å². The number of rotatable bonds is 6. The molecule has 0 heterocycles. The predicted octanol–water partition coefficient (Wildman–Crippen LogP) is -0.293. The van der Waals surface area contributed by atoms with Crippen LogP contribution in [0.15, 0.2) is 0 Å². The Morgan fingerprint density at radius 3 is 2.41 bits per heavy atom. The molecule has 0 spiro atoms. The average molecular weight is 263 g/mol. The Hall–Kier alpha value is -0.950. The Morgan fingerprint density at radius 2 is 1.94 bits per heavy atom. The Morgan fingerprint density at radius 1 is 1.35 bits per heavy atom. The molecular weight excluding hydrogens is 242 g/mol. The van der Waals surface area contributed by atoms with Crippen molar-refractivity contribution in [3.8, 4) is 0 Å². The third-order valence-electron chi connectivity index (χ3n) is 2.11. The molecule has 3 unspecified atom stereocenters. The van der Waals surface area contributed by atoms with Crippen molar-refractivity contribution in [3.63, 3.8) is 0 Å². The molecule has 0 saturated carbocycles. The first-order valence-electron chi connectivity index (χ1n) is 5.59. The van der Waals surface area contributed by atoms with E-state index in [9.17, 15) is 13.8 Å². The Balaban J connectivity index is 4.11. The van der Waals surface area contributed by atoms with Crippen LogP contribution in [0.1, 0.15) is 27.2 Å². The van der Waals surface area contributed by atoms with E-state index < -0.39 is 28.0 Å². The molecule has 0 bridgehead atoms. The molecule has 100 valence electrons. The summed E-state index contributed by atoms with van der Waals surface area (Å²) in [5.74, 6) is -0.166. The molecule has 0 aromatic carbocycles. The minimum Gasteiger partial charge on any atom is -0.338 e. The monoisotopic (exact) mass is 263 g/mol. The van der Waals surface area contributed by atoms with Crippen LogP contribution in [0.5, 0.6) is 0 Å². The van der Waals surface area contributed by atoms with Crippen LogP contribution in [0.4, 0.5) is 4.79 Å². The zero-order valence-electron chi connectivity index (χ0n) is 10.5. The van der Waals surface area contributed by atoms with Gasteiger partial charge in [-0.2, -0.15) is 0 Å². The van der Waals surface area contributed by atoms with E-state index in [-0.39, 0.29) is 6.04 Å². The second-order valence-corrected chi connectivity index (χ2v) is 5.72. The number of imide groups is 1. The minimum atomic E-state index is -1.31. The molecule has 0 aromatic heterocycles. The van der Waals surface area contributed by atoms with Gasteiger partial charge < -0.3 is 11.1 Å².